The van der Waals surface area contributed by atoms with Crippen molar-refractivity contribution in [1.29, 1.82) is 0 Å². The van der Waals surface area contributed by atoms with Crippen molar-refractivity contribution in [3.63, 3.8) is 0 Å². The Kier molecular flexibility index (Phi) is 3.53. The number of nitrogens with zero attached hydrogens (tertiary/aromatic N) is 2. The lowest BCUT2D eigenvalue weighted by Crippen LogP contribution is -2.41. The molecule has 1 saturated heterocycles. The number of aromatic nitrogens is 2. The summed E-state index contributed by atoms with van der Waals surface area (Å²) in [5.41, 5.74) is 1.13. The third-order valence-electron chi connectivity index (χ3n) is 4.45. The van der Waals surface area contributed by atoms with Gasteiger partial charge in [0.25, 0.3) is 0 Å². The molecule has 0 unspecified atom stereocenters. The second kappa shape index (κ2) is 5.14. The minimum Gasteiger partial charge on any atom is -0.497 e. The van der Waals surface area contributed by atoms with Crippen molar-refractivity contribution < 1.29 is 14.0 Å². The number of rotatable bonds is 3. The molecule has 3 rings (SSSR count). The first-order valence-electron chi connectivity index (χ1n) is 7.37. The summed E-state index contributed by atoms with van der Waals surface area (Å²) in [4.78, 5) is 0. The van der Waals surface area contributed by atoms with Gasteiger partial charge in [0.1, 0.15) is 5.75 Å². The number of methoxy groups -OCH3 is 1. The fraction of sp³-hybridized carbons (Fsp3) is 0.438. The van der Waals surface area contributed by atoms with Crippen molar-refractivity contribution >= 4 is 12.6 Å². The Morgan fingerprint density at radius 3 is 2.45 bits per heavy atom. The van der Waals surface area contributed by atoms with Gasteiger partial charge in [0, 0.05) is 23.9 Å². The minimum atomic E-state index is -0.399. The summed E-state index contributed by atoms with van der Waals surface area (Å²) < 4.78 is 19.1. The van der Waals surface area contributed by atoms with Crippen molar-refractivity contribution in [3.8, 4) is 11.4 Å². The van der Waals surface area contributed by atoms with Crippen LogP contribution < -0.4 is 10.2 Å². The molecule has 0 radical (unpaired) electrons. The largest absolute Gasteiger partial charge is 0.498 e. The summed E-state index contributed by atoms with van der Waals surface area (Å²) in [6.45, 7) is 8.16. The van der Waals surface area contributed by atoms with E-state index in [0.717, 1.165) is 16.9 Å². The second-order valence-corrected chi connectivity index (χ2v) is 6.51. The molecule has 0 atom stereocenters. The maximum absolute atomic E-state index is 6.04. The molecule has 116 valence electrons. The quantitative estimate of drug-likeness (QED) is 0.815. The molecule has 1 aromatic heterocycles. The Balaban J connectivity index is 1.86. The topological polar surface area (TPSA) is 45.5 Å². The second-order valence-electron chi connectivity index (χ2n) is 6.51. The van der Waals surface area contributed by atoms with E-state index >= 15 is 0 Å². The number of ether oxygens (including phenoxy) is 1. The van der Waals surface area contributed by atoms with E-state index < -0.39 is 7.12 Å². The molecule has 5 nitrogen and oxygen atoms in total. The van der Waals surface area contributed by atoms with Gasteiger partial charge in [-0.05, 0) is 39.8 Å². The first kappa shape index (κ1) is 15.1. The summed E-state index contributed by atoms with van der Waals surface area (Å²) in [6.07, 6.45) is 3.71. The molecule has 0 amide bonds. The molecule has 1 aliphatic heterocycles. The molecule has 1 fully saturated rings. The number of hydrogen-bond acceptors (Lipinski definition) is 4. The van der Waals surface area contributed by atoms with Gasteiger partial charge in [0.15, 0.2) is 0 Å². The average Bonchev–Trinajstić information content (AvgIpc) is 3.02. The Morgan fingerprint density at radius 2 is 1.82 bits per heavy atom. The molecular formula is C16H21BN2O3. The Bertz CT molecular complexity index is 666. The fourth-order valence-corrected chi connectivity index (χ4v) is 2.33. The molecule has 0 bridgehead atoms. The highest BCUT2D eigenvalue weighted by atomic mass is 16.7. The maximum atomic E-state index is 6.04. The van der Waals surface area contributed by atoms with Crippen molar-refractivity contribution in [2.24, 2.45) is 0 Å². The molecule has 0 spiro atoms. The molecule has 2 aromatic rings. The van der Waals surface area contributed by atoms with E-state index in [2.05, 4.69) is 5.10 Å². The van der Waals surface area contributed by atoms with Crippen LogP contribution in [0.3, 0.4) is 0 Å². The first-order chi connectivity index (χ1) is 10.3. The van der Waals surface area contributed by atoms with Crippen LogP contribution in [0.25, 0.3) is 5.69 Å². The standard InChI is InChI=1S/C16H21BN2O3/c1-15(2)16(3,4)22-17(21-15)12-10-18-19(11-12)13-7-6-8-14(9-13)20-5/h6-11H,1-5H3. The predicted molar refractivity (Wildman–Crippen MR) is 85.8 cm³/mol. The van der Waals surface area contributed by atoms with Crippen LogP contribution in [0.1, 0.15) is 27.7 Å². The Labute approximate surface area is 131 Å². The maximum Gasteiger partial charge on any atom is 0.498 e. The molecular weight excluding hydrogens is 279 g/mol. The highest BCUT2D eigenvalue weighted by Gasteiger charge is 2.52. The predicted octanol–water partition coefficient (Wildman–Crippen LogP) is 2.18. The normalized spacial score (nSPS) is 19.4. The van der Waals surface area contributed by atoms with E-state index in [1.807, 2.05) is 58.2 Å². The third-order valence-corrected chi connectivity index (χ3v) is 4.45. The zero-order valence-corrected chi connectivity index (χ0v) is 13.7. The van der Waals surface area contributed by atoms with E-state index in [-0.39, 0.29) is 11.2 Å². The first-order valence-corrected chi connectivity index (χ1v) is 7.37. The fourth-order valence-electron chi connectivity index (χ4n) is 2.33. The number of benzene rings is 1. The summed E-state index contributed by atoms with van der Waals surface area (Å²) in [5.74, 6) is 0.796. The summed E-state index contributed by atoms with van der Waals surface area (Å²) in [7, 11) is 1.25. The van der Waals surface area contributed by atoms with Crippen molar-refractivity contribution in [3.05, 3.63) is 36.7 Å². The highest BCUT2D eigenvalue weighted by molar-refractivity contribution is 6.62. The zero-order valence-electron chi connectivity index (χ0n) is 13.7. The van der Waals surface area contributed by atoms with Gasteiger partial charge < -0.3 is 14.0 Å². The van der Waals surface area contributed by atoms with E-state index in [4.69, 9.17) is 14.0 Å². The van der Waals surface area contributed by atoms with Crippen molar-refractivity contribution in [2.45, 2.75) is 38.9 Å². The smallest absolute Gasteiger partial charge is 0.497 e. The zero-order chi connectivity index (χ0) is 16.0. The molecule has 22 heavy (non-hydrogen) atoms. The van der Waals surface area contributed by atoms with E-state index in [0.29, 0.717) is 0 Å². The van der Waals surface area contributed by atoms with Gasteiger partial charge >= 0.3 is 7.12 Å². The highest BCUT2D eigenvalue weighted by Crippen LogP contribution is 2.36. The third kappa shape index (κ3) is 2.53. The molecule has 1 aromatic carbocycles. The lowest BCUT2D eigenvalue weighted by atomic mass is 9.82. The summed E-state index contributed by atoms with van der Waals surface area (Å²) in [6, 6.07) is 7.75. The lowest BCUT2D eigenvalue weighted by Gasteiger charge is -2.32. The lowest BCUT2D eigenvalue weighted by molar-refractivity contribution is 0.00578. The molecule has 6 heteroatoms. The van der Waals surface area contributed by atoms with Crippen LogP contribution in [0.2, 0.25) is 0 Å². The van der Waals surface area contributed by atoms with Crippen molar-refractivity contribution in [1.82, 2.24) is 9.78 Å². The number of hydrogen-bond donors (Lipinski definition) is 0. The van der Waals surface area contributed by atoms with Crippen LogP contribution in [0.15, 0.2) is 36.7 Å². The van der Waals surface area contributed by atoms with Crippen LogP contribution in [0.4, 0.5) is 0 Å². The Hall–Kier alpha value is -1.79. The minimum absolute atomic E-state index is 0.351. The van der Waals surface area contributed by atoms with Gasteiger partial charge in [-0.25, -0.2) is 4.68 Å². The van der Waals surface area contributed by atoms with Gasteiger partial charge in [-0.1, -0.05) is 6.07 Å². The van der Waals surface area contributed by atoms with Gasteiger partial charge in [-0.15, -0.1) is 0 Å². The van der Waals surface area contributed by atoms with E-state index in [9.17, 15) is 0 Å². The monoisotopic (exact) mass is 300 g/mol. The molecule has 1 aliphatic rings. The van der Waals surface area contributed by atoms with Crippen molar-refractivity contribution in [2.75, 3.05) is 7.11 Å². The molecule has 2 heterocycles. The molecule has 0 N–H and O–H groups in total. The summed E-state index contributed by atoms with van der Waals surface area (Å²) >= 11 is 0. The molecule has 0 aliphatic carbocycles. The van der Waals surface area contributed by atoms with Gasteiger partial charge in [0.2, 0.25) is 0 Å². The molecule has 0 saturated carbocycles. The van der Waals surface area contributed by atoms with Crippen LogP contribution in [-0.4, -0.2) is 35.2 Å². The average molecular weight is 300 g/mol. The van der Waals surface area contributed by atoms with E-state index in [1.54, 1.807) is 18.0 Å². The van der Waals surface area contributed by atoms with Crippen LogP contribution in [0.5, 0.6) is 5.75 Å². The Morgan fingerprint density at radius 1 is 1.14 bits per heavy atom. The van der Waals surface area contributed by atoms with Gasteiger partial charge in [0.05, 0.1) is 24.0 Å². The summed E-state index contributed by atoms with van der Waals surface area (Å²) in [5, 5.41) is 4.40. The van der Waals surface area contributed by atoms with Crippen LogP contribution in [-0.2, 0) is 9.31 Å². The SMILES string of the molecule is COc1cccc(-n2cc(B3OC(C)(C)C(C)(C)O3)cn2)c1. The van der Waals surface area contributed by atoms with Gasteiger partial charge in [-0.2, -0.15) is 5.10 Å². The van der Waals surface area contributed by atoms with Crippen LogP contribution >= 0.6 is 0 Å². The van der Waals surface area contributed by atoms with Crippen LogP contribution in [0, 0.1) is 0 Å². The van der Waals surface area contributed by atoms with Gasteiger partial charge in [-0.3, -0.25) is 0 Å². The van der Waals surface area contributed by atoms with E-state index in [1.165, 1.54) is 0 Å².